The predicted octanol–water partition coefficient (Wildman–Crippen LogP) is 4.25. The van der Waals surface area contributed by atoms with Crippen molar-refractivity contribution in [1.29, 1.82) is 0 Å². The first-order valence-electron chi connectivity index (χ1n) is 11.9. The van der Waals surface area contributed by atoms with Gasteiger partial charge in [0.25, 0.3) is 0 Å². The van der Waals surface area contributed by atoms with Gasteiger partial charge in [-0.1, -0.05) is 78.9 Å². The number of ether oxygens (including phenoxy) is 5. The Morgan fingerprint density at radius 1 is 0.543 bits per heavy atom. The van der Waals surface area contributed by atoms with Gasteiger partial charge in [-0.15, -0.1) is 19.7 Å². The largest absolute Gasteiger partial charge is 0.387 e. The summed E-state index contributed by atoms with van der Waals surface area (Å²) in [5, 5.41) is 11.4. The number of aliphatic hydroxyl groups is 1. The van der Waals surface area contributed by atoms with Crippen molar-refractivity contribution < 1.29 is 28.8 Å². The fraction of sp³-hybridized carbons (Fsp3) is 0.379. The second kappa shape index (κ2) is 14.7. The molecule has 2 aromatic rings. The molecule has 2 aromatic carbocycles. The summed E-state index contributed by atoms with van der Waals surface area (Å²) in [6.07, 6.45) is 0.628. The average molecular weight is 481 g/mol. The van der Waals surface area contributed by atoms with Gasteiger partial charge in [0, 0.05) is 0 Å². The molecule has 188 valence electrons. The average Bonchev–Trinajstić information content (AvgIpc) is 2.90. The quantitative estimate of drug-likeness (QED) is 0.385. The van der Waals surface area contributed by atoms with Crippen LogP contribution in [0.15, 0.2) is 98.6 Å². The third-order valence-corrected chi connectivity index (χ3v) is 5.76. The summed E-state index contributed by atoms with van der Waals surface area (Å²) in [5.41, 5.74) is 1.99. The molecule has 0 amide bonds. The molecule has 1 saturated carbocycles. The Bertz CT molecular complexity index is 887. The fourth-order valence-corrected chi connectivity index (χ4v) is 4.16. The Kier molecular flexibility index (Phi) is 11.4. The van der Waals surface area contributed by atoms with Crippen LogP contribution in [0.3, 0.4) is 0 Å². The molecular weight excluding hydrogens is 444 g/mol. The zero-order valence-corrected chi connectivity index (χ0v) is 20.1. The van der Waals surface area contributed by atoms with Gasteiger partial charge in [0.1, 0.15) is 36.6 Å². The molecule has 6 heteroatoms. The number of hydrogen-bond donors (Lipinski definition) is 1. The lowest BCUT2D eigenvalue weighted by Crippen LogP contribution is -2.67. The van der Waals surface area contributed by atoms with Crippen molar-refractivity contribution in [3.63, 3.8) is 0 Å². The van der Waals surface area contributed by atoms with Crippen LogP contribution in [0.5, 0.6) is 0 Å². The highest BCUT2D eigenvalue weighted by Crippen LogP contribution is 2.33. The SMILES string of the molecule is C=CCO[C@@H]1[C@@H](OCc2ccccc2)[C@H](OCC=C)[C@@H](OCc2ccccc2)[C@@H](O)[C@H]1OCC=C. The van der Waals surface area contributed by atoms with E-state index in [0.717, 1.165) is 11.1 Å². The first kappa shape index (κ1) is 27.0. The van der Waals surface area contributed by atoms with Crippen molar-refractivity contribution >= 4 is 0 Å². The first-order chi connectivity index (χ1) is 17.2. The fourth-order valence-electron chi connectivity index (χ4n) is 4.16. The topological polar surface area (TPSA) is 66.4 Å². The molecule has 0 aliphatic heterocycles. The molecule has 1 fully saturated rings. The van der Waals surface area contributed by atoms with Gasteiger partial charge < -0.3 is 28.8 Å². The molecule has 0 radical (unpaired) electrons. The molecule has 3 rings (SSSR count). The van der Waals surface area contributed by atoms with Gasteiger partial charge in [0.05, 0.1) is 33.0 Å². The van der Waals surface area contributed by atoms with E-state index in [0.29, 0.717) is 13.2 Å². The summed E-state index contributed by atoms with van der Waals surface area (Å²) in [5.74, 6) is 0. The Balaban J connectivity index is 1.91. The lowest BCUT2D eigenvalue weighted by molar-refractivity contribution is -0.273. The zero-order valence-electron chi connectivity index (χ0n) is 20.1. The van der Waals surface area contributed by atoms with Gasteiger partial charge in [-0.05, 0) is 11.1 Å². The van der Waals surface area contributed by atoms with Crippen LogP contribution in [0.2, 0.25) is 0 Å². The van der Waals surface area contributed by atoms with Crippen molar-refractivity contribution in [3.8, 4) is 0 Å². The lowest BCUT2D eigenvalue weighted by atomic mass is 9.83. The monoisotopic (exact) mass is 480 g/mol. The van der Waals surface area contributed by atoms with E-state index in [9.17, 15) is 5.11 Å². The summed E-state index contributed by atoms with van der Waals surface area (Å²) in [4.78, 5) is 0. The summed E-state index contributed by atoms with van der Waals surface area (Å²) in [6.45, 7) is 12.7. The minimum Gasteiger partial charge on any atom is -0.387 e. The molecule has 1 aliphatic rings. The van der Waals surface area contributed by atoms with Crippen molar-refractivity contribution in [2.45, 2.75) is 49.8 Å². The highest BCUT2D eigenvalue weighted by Gasteiger charge is 2.53. The van der Waals surface area contributed by atoms with E-state index in [1.165, 1.54) is 0 Å². The third kappa shape index (κ3) is 7.70. The summed E-state index contributed by atoms with van der Waals surface area (Å²) < 4.78 is 31.0. The van der Waals surface area contributed by atoms with Crippen LogP contribution in [-0.4, -0.2) is 61.6 Å². The van der Waals surface area contributed by atoms with Crippen molar-refractivity contribution in [3.05, 3.63) is 110 Å². The molecule has 0 bridgehead atoms. The maximum atomic E-state index is 11.4. The van der Waals surface area contributed by atoms with Crippen LogP contribution in [0.4, 0.5) is 0 Å². The molecule has 0 heterocycles. The highest BCUT2D eigenvalue weighted by atomic mass is 16.6. The van der Waals surface area contributed by atoms with Crippen molar-refractivity contribution in [2.75, 3.05) is 19.8 Å². The molecule has 6 nitrogen and oxygen atoms in total. The molecule has 1 aliphatic carbocycles. The third-order valence-electron chi connectivity index (χ3n) is 5.76. The molecular formula is C29H36O6. The van der Waals surface area contributed by atoms with Crippen LogP contribution in [0.1, 0.15) is 11.1 Å². The number of benzene rings is 2. The normalized spacial score (nSPS) is 26.2. The summed E-state index contributed by atoms with van der Waals surface area (Å²) in [6, 6.07) is 19.6. The van der Waals surface area contributed by atoms with Crippen LogP contribution >= 0.6 is 0 Å². The second-order valence-electron chi connectivity index (χ2n) is 8.27. The van der Waals surface area contributed by atoms with Crippen LogP contribution in [0, 0.1) is 0 Å². The van der Waals surface area contributed by atoms with Crippen LogP contribution in [-0.2, 0) is 36.9 Å². The smallest absolute Gasteiger partial charge is 0.116 e. The van der Waals surface area contributed by atoms with Gasteiger partial charge in [0.15, 0.2) is 0 Å². The number of rotatable bonds is 15. The summed E-state index contributed by atoms with van der Waals surface area (Å²) in [7, 11) is 0. The zero-order chi connectivity index (χ0) is 24.9. The molecule has 0 aromatic heterocycles. The van der Waals surface area contributed by atoms with Gasteiger partial charge >= 0.3 is 0 Å². The Labute approximate surface area is 208 Å². The van der Waals surface area contributed by atoms with Crippen LogP contribution in [0.25, 0.3) is 0 Å². The van der Waals surface area contributed by atoms with Gasteiger partial charge in [-0.3, -0.25) is 0 Å². The first-order valence-corrected chi connectivity index (χ1v) is 11.9. The maximum absolute atomic E-state index is 11.4. The van der Waals surface area contributed by atoms with E-state index in [2.05, 4.69) is 19.7 Å². The molecule has 0 unspecified atom stereocenters. The van der Waals surface area contributed by atoms with E-state index in [-0.39, 0.29) is 19.8 Å². The number of aliphatic hydroxyl groups excluding tert-OH is 1. The maximum Gasteiger partial charge on any atom is 0.116 e. The lowest BCUT2D eigenvalue weighted by Gasteiger charge is -2.48. The molecule has 35 heavy (non-hydrogen) atoms. The van der Waals surface area contributed by atoms with Crippen molar-refractivity contribution in [2.24, 2.45) is 0 Å². The van der Waals surface area contributed by atoms with Gasteiger partial charge in [-0.25, -0.2) is 0 Å². The van der Waals surface area contributed by atoms with E-state index in [1.807, 2.05) is 60.7 Å². The predicted molar refractivity (Wildman–Crippen MR) is 136 cm³/mol. The van der Waals surface area contributed by atoms with Gasteiger partial charge in [-0.2, -0.15) is 0 Å². The molecule has 0 spiro atoms. The molecule has 1 N–H and O–H groups in total. The second-order valence-corrected chi connectivity index (χ2v) is 8.27. The molecule has 0 saturated heterocycles. The Hall–Kier alpha value is -2.58. The minimum atomic E-state index is -1.03. The number of hydrogen-bond acceptors (Lipinski definition) is 6. The molecule has 6 atom stereocenters. The van der Waals surface area contributed by atoms with E-state index in [4.69, 9.17) is 23.7 Å². The minimum absolute atomic E-state index is 0.241. The standard InChI is InChI=1S/C29H36O6/c1-4-17-31-25-24(30)26(34-20-22-13-9-7-10-14-22)28(33-19-6-3)29(27(25)32-18-5-2)35-21-23-15-11-8-12-16-23/h4-16,24-30H,1-3,17-21H2/t24-,25+,26-,27-,28+,29+/m0/s1. The van der Waals surface area contributed by atoms with E-state index in [1.54, 1.807) is 18.2 Å². The van der Waals surface area contributed by atoms with Gasteiger partial charge in [0.2, 0.25) is 0 Å². The van der Waals surface area contributed by atoms with E-state index >= 15 is 0 Å². The van der Waals surface area contributed by atoms with Crippen molar-refractivity contribution in [1.82, 2.24) is 0 Å². The Morgan fingerprint density at radius 2 is 0.886 bits per heavy atom. The van der Waals surface area contributed by atoms with E-state index < -0.39 is 36.6 Å². The summed E-state index contributed by atoms with van der Waals surface area (Å²) >= 11 is 0. The van der Waals surface area contributed by atoms with Crippen LogP contribution < -0.4 is 0 Å². The Morgan fingerprint density at radius 3 is 1.31 bits per heavy atom. The highest BCUT2D eigenvalue weighted by molar-refractivity contribution is 5.15.